The van der Waals surface area contributed by atoms with E-state index in [1.807, 2.05) is 12.1 Å². The largest absolute Gasteiger partial charge is 0.309 e. The summed E-state index contributed by atoms with van der Waals surface area (Å²) < 4.78 is 0. The van der Waals surface area contributed by atoms with Gasteiger partial charge < -0.3 is 5.32 Å². The Hall–Kier alpha value is -2.68. The Morgan fingerprint density at radius 3 is 2.54 bits per heavy atom. The summed E-state index contributed by atoms with van der Waals surface area (Å²) in [7, 11) is 0. The molecule has 24 heavy (non-hydrogen) atoms. The standard InChI is InChI=1S/C21H22N2O/c1-14-5-4-6-17(12-14)8-10-20-22-19(21(24)23-20)13-18-9-7-15(2)11-16(18)3/h4-7,9,11-13H,8,10H2,1-3H3,(H,22,23,24)/b19-13-. The zero-order chi connectivity index (χ0) is 17.1. The van der Waals surface area contributed by atoms with Gasteiger partial charge in [0.2, 0.25) is 0 Å². The van der Waals surface area contributed by atoms with Crippen LogP contribution in [0.1, 0.15) is 34.2 Å². The molecule has 1 N–H and O–H groups in total. The maximum atomic E-state index is 12.1. The second-order valence-electron chi connectivity index (χ2n) is 6.39. The van der Waals surface area contributed by atoms with E-state index in [1.165, 1.54) is 16.7 Å². The van der Waals surface area contributed by atoms with Crippen LogP contribution >= 0.6 is 0 Å². The SMILES string of the molecule is Cc1cccc(CCC2=N/C(=C\c3ccc(C)cc3C)C(=O)N2)c1. The summed E-state index contributed by atoms with van der Waals surface area (Å²) in [5.74, 6) is 0.631. The van der Waals surface area contributed by atoms with E-state index in [1.54, 1.807) is 0 Å². The lowest BCUT2D eigenvalue weighted by Crippen LogP contribution is -2.24. The quantitative estimate of drug-likeness (QED) is 0.847. The maximum absolute atomic E-state index is 12.1. The molecule has 1 aliphatic heterocycles. The maximum Gasteiger partial charge on any atom is 0.275 e. The molecule has 0 spiro atoms. The summed E-state index contributed by atoms with van der Waals surface area (Å²) in [6, 6.07) is 14.6. The lowest BCUT2D eigenvalue weighted by molar-refractivity contribution is -0.115. The van der Waals surface area contributed by atoms with Crippen molar-refractivity contribution in [2.75, 3.05) is 0 Å². The summed E-state index contributed by atoms with van der Waals surface area (Å²) in [6.45, 7) is 6.20. The third kappa shape index (κ3) is 3.80. The van der Waals surface area contributed by atoms with E-state index in [0.717, 1.165) is 29.8 Å². The molecule has 0 fully saturated rings. The summed E-state index contributed by atoms with van der Waals surface area (Å²) in [4.78, 5) is 16.6. The molecule has 0 unspecified atom stereocenters. The number of benzene rings is 2. The second kappa shape index (κ2) is 6.83. The predicted octanol–water partition coefficient (Wildman–Crippen LogP) is 4.11. The van der Waals surface area contributed by atoms with Crippen LogP contribution in [0.4, 0.5) is 0 Å². The zero-order valence-electron chi connectivity index (χ0n) is 14.4. The number of aryl methyl sites for hydroxylation is 4. The summed E-state index contributed by atoms with van der Waals surface area (Å²) in [5, 5.41) is 2.88. The van der Waals surface area contributed by atoms with Gasteiger partial charge in [0.05, 0.1) is 0 Å². The molecule has 0 aromatic heterocycles. The molecule has 122 valence electrons. The highest BCUT2D eigenvalue weighted by Gasteiger charge is 2.19. The first kappa shape index (κ1) is 16.2. The fourth-order valence-electron chi connectivity index (χ4n) is 2.90. The molecule has 1 amide bonds. The molecule has 0 saturated heterocycles. The highest BCUT2D eigenvalue weighted by molar-refractivity contribution is 6.14. The van der Waals surface area contributed by atoms with Crippen molar-refractivity contribution in [3.05, 3.63) is 76.0 Å². The van der Waals surface area contributed by atoms with Gasteiger partial charge in [-0.05, 0) is 50.0 Å². The van der Waals surface area contributed by atoms with Crippen molar-refractivity contribution >= 4 is 17.8 Å². The fourth-order valence-corrected chi connectivity index (χ4v) is 2.90. The number of hydrogen-bond donors (Lipinski definition) is 1. The van der Waals surface area contributed by atoms with Crippen LogP contribution in [-0.2, 0) is 11.2 Å². The van der Waals surface area contributed by atoms with Gasteiger partial charge in [-0.25, -0.2) is 4.99 Å². The fraction of sp³-hybridized carbons (Fsp3) is 0.238. The van der Waals surface area contributed by atoms with Gasteiger partial charge in [0.1, 0.15) is 11.5 Å². The summed E-state index contributed by atoms with van der Waals surface area (Å²) in [5.41, 5.74) is 6.40. The van der Waals surface area contributed by atoms with Crippen LogP contribution in [0, 0.1) is 20.8 Å². The van der Waals surface area contributed by atoms with Gasteiger partial charge in [-0.2, -0.15) is 0 Å². The average Bonchev–Trinajstić information content (AvgIpc) is 2.88. The van der Waals surface area contributed by atoms with Gasteiger partial charge in [-0.1, -0.05) is 53.6 Å². The monoisotopic (exact) mass is 318 g/mol. The molecule has 3 heteroatoms. The van der Waals surface area contributed by atoms with Crippen molar-refractivity contribution < 1.29 is 4.79 Å². The van der Waals surface area contributed by atoms with Crippen LogP contribution in [0.25, 0.3) is 6.08 Å². The van der Waals surface area contributed by atoms with Gasteiger partial charge in [-0.15, -0.1) is 0 Å². The molecule has 1 aliphatic rings. The van der Waals surface area contributed by atoms with Crippen molar-refractivity contribution in [2.24, 2.45) is 4.99 Å². The molecule has 0 atom stereocenters. The second-order valence-corrected chi connectivity index (χ2v) is 6.39. The zero-order valence-corrected chi connectivity index (χ0v) is 14.4. The number of nitrogens with zero attached hydrogens (tertiary/aromatic N) is 1. The van der Waals surface area contributed by atoms with Gasteiger partial charge in [0.25, 0.3) is 5.91 Å². The molecule has 0 saturated carbocycles. The van der Waals surface area contributed by atoms with Crippen LogP contribution in [0.2, 0.25) is 0 Å². The Bertz CT molecular complexity index is 847. The number of nitrogens with one attached hydrogen (secondary N) is 1. The molecule has 0 bridgehead atoms. The minimum atomic E-state index is -0.116. The normalized spacial score (nSPS) is 15.5. The smallest absolute Gasteiger partial charge is 0.275 e. The van der Waals surface area contributed by atoms with Crippen molar-refractivity contribution in [3.63, 3.8) is 0 Å². The molecule has 3 nitrogen and oxygen atoms in total. The van der Waals surface area contributed by atoms with Crippen LogP contribution in [0.3, 0.4) is 0 Å². The Morgan fingerprint density at radius 2 is 1.79 bits per heavy atom. The van der Waals surface area contributed by atoms with Crippen LogP contribution < -0.4 is 5.32 Å². The Labute approximate surface area is 143 Å². The van der Waals surface area contributed by atoms with Crippen molar-refractivity contribution in [2.45, 2.75) is 33.6 Å². The van der Waals surface area contributed by atoms with E-state index in [4.69, 9.17) is 0 Å². The van der Waals surface area contributed by atoms with Gasteiger partial charge in [0.15, 0.2) is 0 Å². The minimum absolute atomic E-state index is 0.116. The first-order valence-electron chi connectivity index (χ1n) is 8.25. The first-order valence-corrected chi connectivity index (χ1v) is 8.25. The average molecular weight is 318 g/mol. The van der Waals surface area contributed by atoms with Gasteiger partial charge in [-0.3, -0.25) is 4.79 Å². The highest BCUT2D eigenvalue weighted by Crippen LogP contribution is 2.18. The molecule has 2 aromatic rings. The number of carbonyl (C=O) groups excluding carboxylic acids is 1. The number of hydrogen-bond acceptors (Lipinski definition) is 2. The van der Waals surface area contributed by atoms with E-state index in [9.17, 15) is 4.79 Å². The minimum Gasteiger partial charge on any atom is -0.309 e. The van der Waals surface area contributed by atoms with Crippen molar-refractivity contribution in [3.8, 4) is 0 Å². The molecule has 1 heterocycles. The van der Waals surface area contributed by atoms with Gasteiger partial charge >= 0.3 is 0 Å². The van der Waals surface area contributed by atoms with E-state index in [2.05, 4.69) is 67.5 Å². The van der Waals surface area contributed by atoms with Crippen LogP contribution in [0.5, 0.6) is 0 Å². The Morgan fingerprint density at radius 1 is 1.00 bits per heavy atom. The molecule has 2 aromatic carbocycles. The van der Waals surface area contributed by atoms with Crippen LogP contribution in [0.15, 0.2) is 53.2 Å². The topological polar surface area (TPSA) is 41.5 Å². The van der Waals surface area contributed by atoms with Crippen molar-refractivity contribution in [1.82, 2.24) is 5.32 Å². The predicted molar refractivity (Wildman–Crippen MR) is 99.0 cm³/mol. The van der Waals surface area contributed by atoms with Crippen molar-refractivity contribution in [1.29, 1.82) is 0 Å². The number of aliphatic imine (C=N–C) groups is 1. The Kier molecular flexibility index (Phi) is 4.61. The van der Waals surface area contributed by atoms with E-state index < -0.39 is 0 Å². The third-order valence-corrected chi connectivity index (χ3v) is 4.20. The number of carbonyl (C=O) groups is 1. The highest BCUT2D eigenvalue weighted by atomic mass is 16.2. The molecule has 0 radical (unpaired) electrons. The molecular formula is C21H22N2O. The lowest BCUT2D eigenvalue weighted by atomic mass is 10.0. The van der Waals surface area contributed by atoms with Crippen LogP contribution in [-0.4, -0.2) is 11.7 Å². The molecule has 3 rings (SSSR count). The summed E-state index contributed by atoms with van der Waals surface area (Å²) in [6.07, 6.45) is 3.47. The van der Waals surface area contributed by atoms with Gasteiger partial charge in [0, 0.05) is 6.42 Å². The van der Waals surface area contributed by atoms with E-state index in [-0.39, 0.29) is 5.91 Å². The molecular weight excluding hydrogens is 296 g/mol. The van der Waals surface area contributed by atoms with E-state index >= 15 is 0 Å². The number of amides is 1. The van der Waals surface area contributed by atoms with E-state index in [0.29, 0.717) is 5.70 Å². The first-order chi connectivity index (χ1) is 11.5. The lowest BCUT2D eigenvalue weighted by Gasteiger charge is -2.02. The number of rotatable bonds is 4. The third-order valence-electron chi connectivity index (χ3n) is 4.20. The number of amidine groups is 1. The molecule has 0 aliphatic carbocycles. The summed E-state index contributed by atoms with van der Waals surface area (Å²) >= 11 is 0. The Balaban J connectivity index is 1.74.